The van der Waals surface area contributed by atoms with Gasteiger partial charge in [0.05, 0.1) is 13.1 Å². The Morgan fingerprint density at radius 1 is 1.25 bits per heavy atom. The molecule has 0 unspecified atom stereocenters. The molecule has 0 bridgehead atoms. The zero-order valence-corrected chi connectivity index (χ0v) is 14.7. The van der Waals surface area contributed by atoms with Crippen LogP contribution in [0.5, 0.6) is 0 Å². The van der Waals surface area contributed by atoms with Crippen LogP contribution >= 0.6 is 38.6 Å². The molecule has 0 atom stereocenters. The molecule has 1 amide bonds. The highest BCUT2D eigenvalue weighted by molar-refractivity contribution is 9.10. The molecule has 2 aromatic rings. The van der Waals surface area contributed by atoms with Gasteiger partial charge in [-0.05, 0) is 40.5 Å². The second-order valence-electron chi connectivity index (χ2n) is 4.73. The largest absolute Gasteiger partial charge is 0.340 e. The van der Waals surface area contributed by atoms with Crippen molar-refractivity contribution in [2.45, 2.75) is 13.1 Å². The van der Waals surface area contributed by atoms with E-state index >= 15 is 0 Å². The van der Waals surface area contributed by atoms with E-state index in [1.54, 1.807) is 27.6 Å². The van der Waals surface area contributed by atoms with Crippen molar-refractivity contribution < 1.29 is 4.79 Å². The molecule has 0 spiro atoms. The van der Waals surface area contributed by atoms with Gasteiger partial charge in [0.15, 0.2) is 0 Å². The predicted molar refractivity (Wildman–Crippen MR) is 89.1 cm³/mol. The van der Waals surface area contributed by atoms with Crippen LogP contribution in [0.1, 0.15) is 9.75 Å². The molecule has 0 aromatic carbocycles. The van der Waals surface area contributed by atoms with Crippen LogP contribution in [0, 0.1) is 0 Å². The van der Waals surface area contributed by atoms with E-state index in [9.17, 15) is 4.79 Å². The van der Waals surface area contributed by atoms with Crippen molar-refractivity contribution in [2.75, 3.05) is 20.6 Å². The molecule has 6 heteroatoms. The first-order valence-corrected chi connectivity index (χ1v) is 8.77. The summed E-state index contributed by atoms with van der Waals surface area (Å²) >= 11 is 6.83. The smallest absolute Gasteiger partial charge is 0.236 e. The Bertz CT molecular complexity index is 553. The number of halogens is 1. The summed E-state index contributed by atoms with van der Waals surface area (Å²) in [6.07, 6.45) is 0. The third-order valence-corrected chi connectivity index (χ3v) is 5.40. The monoisotopic (exact) mass is 372 g/mol. The number of thiophene rings is 2. The summed E-state index contributed by atoms with van der Waals surface area (Å²) in [5.41, 5.74) is 0. The summed E-state index contributed by atoms with van der Waals surface area (Å²) in [7, 11) is 3.84. The Kier molecular flexibility index (Phi) is 5.77. The van der Waals surface area contributed by atoms with Gasteiger partial charge in [0.2, 0.25) is 5.91 Å². The van der Waals surface area contributed by atoms with Gasteiger partial charge >= 0.3 is 0 Å². The van der Waals surface area contributed by atoms with Gasteiger partial charge in [0.1, 0.15) is 0 Å². The van der Waals surface area contributed by atoms with Crippen molar-refractivity contribution in [1.29, 1.82) is 0 Å². The highest BCUT2D eigenvalue weighted by Crippen LogP contribution is 2.20. The summed E-state index contributed by atoms with van der Waals surface area (Å²) in [5, 5.41) is 4.10. The maximum atomic E-state index is 12.2. The third kappa shape index (κ3) is 4.70. The molecule has 2 aromatic heterocycles. The van der Waals surface area contributed by atoms with Crippen LogP contribution in [0.3, 0.4) is 0 Å². The quantitative estimate of drug-likeness (QED) is 0.772. The Hall–Kier alpha value is -0.690. The molecule has 0 radical (unpaired) electrons. The lowest BCUT2D eigenvalue weighted by Gasteiger charge is -2.21. The van der Waals surface area contributed by atoms with Crippen LogP contribution in [0.15, 0.2) is 33.4 Å². The van der Waals surface area contributed by atoms with Gasteiger partial charge in [-0.15, -0.1) is 22.7 Å². The van der Waals surface area contributed by atoms with E-state index in [2.05, 4.69) is 33.4 Å². The number of hydrogen-bond acceptors (Lipinski definition) is 4. The first kappa shape index (κ1) is 15.7. The SMILES string of the molecule is CN(CC(=O)N(C)Cc1cccs1)Cc1cc(Br)cs1. The molecule has 0 aliphatic carbocycles. The topological polar surface area (TPSA) is 23.6 Å². The van der Waals surface area contributed by atoms with Crippen LogP contribution in [0.2, 0.25) is 0 Å². The molecule has 2 rings (SSSR count). The predicted octanol–water partition coefficient (Wildman–Crippen LogP) is 3.66. The van der Waals surface area contributed by atoms with E-state index in [0.29, 0.717) is 13.1 Å². The lowest BCUT2D eigenvalue weighted by Crippen LogP contribution is -2.35. The average molecular weight is 373 g/mol. The number of hydrogen-bond donors (Lipinski definition) is 0. The highest BCUT2D eigenvalue weighted by atomic mass is 79.9. The first-order chi connectivity index (χ1) is 9.54. The molecule has 0 aliphatic rings. The maximum absolute atomic E-state index is 12.2. The number of nitrogens with zero attached hydrogens (tertiary/aromatic N) is 2. The van der Waals surface area contributed by atoms with E-state index in [0.717, 1.165) is 11.0 Å². The summed E-state index contributed by atoms with van der Waals surface area (Å²) in [6.45, 7) is 1.93. The highest BCUT2D eigenvalue weighted by Gasteiger charge is 2.13. The summed E-state index contributed by atoms with van der Waals surface area (Å²) in [4.78, 5) is 18.5. The molecule has 0 N–H and O–H groups in total. The number of carbonyl (C=O) groups excluding carboxylic acids is 1. The van der Waals surface area contributed by atoms with E-state index < -0.39 is 0 Å². The number of amides is 1. The third-order valence-electron chi connectivity index (χ3n) is 2.85. The van der Waals surface area contributed by atoms with Crippen molar-refractivity contribution in [2.24, 2.45) is 0 Å². The zero-order valence-electron chi connectivity index (χ0n) is 11.5. The average Bonchev–Trinajstić information content (AvgIpc) is 3.01. The molecule has 108 valence electrons. The summed E-state index contributed by atoms with van der Waals surface area (Å²) in [5.74, 6) is 0.150. The number of carbonyl (C=O) groups is 1. The minimum atomic E-state index is 0.150. The Morgan fingerprint density at radius 2 is 2.05 bits per heavy atom. The van der Waals surface area contributed by atoms with Gasteiger partial charge in [-0.1, -0.05) is 6.07 Å². The van der Waals surface area contributed by atoms with Crippen molar-refractivity contribution in [3.63, 3.8) is 0 Å². The Morgan fingerprint density at radius 3 is 2.65 bits per heavy atom. The van der Waals surface area contributed by atoms with Gasteiger partial charge in [-0.25, -0.2) is 0 Å². The second kappa shape index (κ2) is 7.36. The first-order valence-electron chi connectivity index (χ1n) is 6.22. The molecule has 2 heterocycles. The van der Waals surface area contributed by atoms with E-state index in [4.69, 9.17) is 0 Å². The molecule has 20 heavy (non-hydrogen) atoms. The normalized spacial score (nSPS) is 11.0. The molecule has 0 saturated carbocycles. The minimum Gasteiger partial charge on any atom is -0.340 e. The minimum absolute atomic E-state index is 0.150. The summed E-state index contributed by atoms with van der Waals surface area (Å²) < 4.78 is 1.10. The van der Waals surface area contributed by atoms with Crippen molar-refractivity contribution in [3.05, 3.63) is 43.2 Å². The Labute approximate surface area is 136 Å². The van der Waals surface area contributed by atoms with Gasteiger partial charge in [0.25, 0.3) is 0 Å². The van der Waals surface area contributed by atoms with Crippen LogP contribution in [-0.4, -0.2) is 36.3 Å². The molecule has 0 fully saturated rings. The van der Waals surface area contributed by atoms with Crippen LogP contribution in [-0.2, 0) is 17.9 Å². The standard InChI is InChI=1S/C14H17BrN2OS2/c1-16(7-13-6-11(15)10-20-13)9-14(18)17(2)8-12-4-3-5-19-12/h3-6,10H,7-9H2,1-2H3. The van der Waals surface area contributed by atoms with Crippen molar-refractivity contribution in [1.82, 2.24) is 9.80 Å². The van der Waals surface area contributed by atoms with Crippen molar-refractivity contribution >= 4 is 44.5 Å². The number of likely N-dealkylation sites (N-methyl/N-ethyl adjacent to an activating group) is 2. The van der Waals surface area contributed by atoms with Gasteiger partial charge in [0, 0.05) is 33.2 Å². The van der Waals surface area contributed by atoms with Gasteiger partial charge in [-0.2, -0.15) is 0 Å². The molecule has 0 saturated heterocycles. The fraction of sp³-hybridized carbons (Fsp3) is 0.357. The van der Waals surface area contributed by atoms with Crippen molar-refractivity contribution in [3.8, 4) is 0 Å². The fourth-order valence-electron chi connectivity index (χ4n) is 1.83. The molecule has 3 nitrogen and oxygen atoms in total. The second-order valence-corrected chi connectivity index (χ2v) is 7.68. The number of rotatable bonds is 6. The summed E-state index contributed by atoms with van der Waals surface area (Å²) in [6, 6.07) is 6.17. The lowest BCUT2D eigenvalue weighted by molar-refractivity contribution is -0.131. The molecular weight excluding hydrogens is 356 g/mol. The maximum Gasteiger partial charge on any atom is 0.236 e. The Balaban J connectivity index is 1.81. The zero-order chi connectivity index (χ0) is 14.5. The molecule has 0 aliphatic heterocycles. The van der Waals surface area contributed by atoms with E-state index in [1.165, 1.54) is 9.75 Å². The van der Waals surface area contributed by atoms with E-state index in [-0.39, 0.29) is 5.91 Å². The fourth-order valence-corrected chi connectivity index (χ4v) is 4.12. The lowest BCUT2D eigenvalue weighted by atomic mass is 10.4. The van der Waals surface area contributed by atoms with Crippen LogP contribution in [0.25, 0.3) is 0 Å². The van der Waals surface area contributed by atoms with E-state index in [1.807, 2.05) is 30.4 Å². The van der Waals surface area contributed by atoms with Crippen LogP contribution in [0.4, 0.5) is 0 Å². The molecular formula is C14H17BrN2OS2. The van der Waals surface area contributed by atoms with Crippen LogP contribution < -0.4 is 0 Å². The van der Waals surface area contributed by atoms with Gasteiger partial charge in [-0.3, -0.25) is 9.69 Å². The van der Waals surface area contributed by atoms with Gasteiger partial charge < -0.3 is 4.90 Å².